The lowest BCUT2D eigenvalue weighted by Crippen LogP contribution is -2.19. The summed E-state index contributed by atoms with van der Waals surface area (Å²) in [6.45, 7) is 10.00. The predicted octanol–water partition coefficient (Wildman–Crippen LogP) is 3.55. The Morgan fingerprint density at radius 2 is 1.87 bits per heavy atom. The number of rotatable bonds is 6. The first-order valence-electron chi connectivity index (χ1n) is 9.94. The minimum Gasteiger partial charge on any atom is -0.481 e. The van der Waals surface area contributed by atoms with Crippen molar-refractivity contribution in [2.24, 2.45) is 11.8 Å². The largest absolute Gasteiger partial charge is 0.481 e. The Bertz CT molecular complexity index is 805. The first-order chi connectivity index (χ1) is 14.3. The Hall–Kier alpha value is -3.36. The summed E-state index contributed by atoms with van der Waals surface area (Å²) >= 11 is 0. The average molecular weight is 414 g/mol. The number of anilines is 1. The highest BCUT2D eigenvalue weighted by Gasteiger charge is 2.21. The minimum atomic E-state index is -0.802. The van der Waals surface area contributed by atoms with Crippen molar-refractivity contribution >= 4 is 11.8 Å². The highest BCUT2D eigenvalue weighted by Crippen LogP contribution is 2.16. The van der Waals surface area contributed by atoms with Gasteiger partial charge in [-0.3, -0.25) is 9.78 Å². The van der Waals surface area contributed by atoms with Crippen molar-refractivity contribution in [1.82, 2.24) is 30.6 Å². The Morgan fingerprint density at radius 3 is 2.33 bits per heavy atom. The normalized spacial score (nSPS) is 11.0. The lowest BCUT2D eigenvalue weighted by molar-refractivity contribution is -0.142. The van der Waals surface area contributed by atoms with Crippen LogP contribution in [-0.4, -0.2) is 41.7 Å². The average Bonchev–Trinajstić information content (AvgIpc) is 3.24. The van der Waals surface area contributed by atoms with Gasteiger partial charge in [0.05, 0.1) is 11.6 Å². The zero-order chi connectivity index (χ0) is 22.5. The number of aromatic amines is 1. The van der Waals surface area contributed by atoms with Crippen LogP contribution in [0.2, 0.25) is 0 Å². The molecule has 0 unspecified atom stereocenters. The summed E-state index contributed by atoms with van der Waals surface area (Å²) in [4.78, 5) is 19.2. The topological polar surface area (TPSA) is 144 Å². The second-order valence-corrected chi connectivity index (χ2v) is 6.89. The fourth-order valence-corrected chi connectivity index (χ4v) is 2.53. The van der Waals surface area contributed by atoms with Crippen molar-refractivity contribution < 1.29 is 9.90 Å². The number of nitrogens with zero attached hydrogens (tertiary/aromatic N) is 5. The second kappa shape index (κ2) is 13.0. The fourth-order valence-electron chi connectivity index (χ4n) is 2.53. The number of carbonyl (C=O) groups is 1. The molecule has 3 aromatic heterocycles. The number of H-pyrrole nitrogens is 1. The summed E-state index contributed by atoms with van der Waals surface area (Å²) in [6.07, 6.45) is 4.53. The van der Waals surface area contributed by atoms with Gasteiger partial charge in [0.25, 0.3) is 0 Å². The van der Waals surface area contributed by atoms with Crippen molar-refractivity contribution in [2.45, 2.75) is 47.5 Å². The molecule has 0 aliphatic heterocycles. The Labute approximate surface area is 177 Å². The number of nitrogen functional groups attached to an aromatic ring is 1. The van der Waals surface area contributed by atoms with Gasteiger partial charge in [0, 0.05) is 24.4 Å². The number of carboxylic acid groups (broad SMARTS) is 1. The number of tetrazole rings is 1. The number of hydrogen-bond donors (Lipinski definition) is 3. The van der Waals surface area contributed by atoms with E-state index in [0.29, 0.717) is 30.4 Å². The van der Waals surface area contributed by atoms with Crippen molar-refractivity contribution in [3.05, 3.63) is 48.0 Å². The van der Waals surface area contributed by atoms with E-state index in [-0.39, 0.29) is 0 Å². The molecule has 0 spiro atoms. The van der Waals surface area contributed by atoms with Crippen LogP contribution in [-0.2, 0) is 11.2 Å². The molecule has 9 heteroatoms. The molecule has 3 aromatic rings. The van der Waals surface area contributed by atoms with Gasteiger partial charge in [0.2, 0.25) is 0 Å². The van der Waals surface area contributed by atoms with Crippen LogP contribution in [0.3, 0.4) is 0 Å². The second-order valence-electron chi connectivity index (χ2n) is 6.89. The number of aryl methyl sites for hydroxylation is 1. The van der Waals surface area contributed by atoms with Crippen LogP contribution >= 0.6 is 0 Å². The molecule has 0 radical (unpaired) electrons. The molecule has 0 aliphatic carbocycles. The van der Waals surface area contributed by atoms with Gasteiger partial charge in [-0.05, 0) is 43.0 Å². The van der Waals surface area contributed by atoms with E-state index in [2.05, 4.69) is 30.6 Å². The molecule has 4 N–H and O–H groups in total. The summed E-state index contributed by atoms with van der Waals surface area (Å²) in [5.41, 5.74) is 8.55. The molecule has 0 saturated heterocycles. The third-order valence-electron chi connectivity index (χ3n) is 3.92. The van der Waals surface area contributed by atoms with Crippen LogP contribution in [0, 0.1) is 18.8 Å². The molecule has 3 rings (SSSR count). The fraction of sp³-hybridized carbons (Fsp3) is 0.429. The third kappa shape index (κ3) is 8.76. The maximum atomic E-state index is 10.9. The molecular weight excluding hydrogens is 382 g/mol. The Morgan fingerprint density at radius 1 is 1.13 bits per heavy atom. The molecular formula is C21H31N7O2. The van der Waals surface area contributed by atoms with Crippen molar-refractivity contribution in [1.29, 1.82) is 0 Å². The zero-order valence-electron chi connectivity index (χ0n) is 18.2. The summed E-state index contributed by atoms with van der Waals surface area (Å²) in [6, 6.07) is 7.69. The van der Waals surface area contributed by atoms with E-state index in [1.165, 1.54) is 0 Å². The molecule has 3 heterocycles. The molecule has 30 heavy (non-hydrogen) atoms. The summed E-state index contributed by atoms with van der Waals surface area (Å²) in [5.74, 6) is 0.109. The number of nitrogens with one attached hydrogen (secondary N) is 1. The molecule has 162 valence electrons. The van der Waals surface area contributed by atoms with E-state index >= 15 is 0 Å². The number of nitrogens with two attached hydrogens (primary N) is 1. The SMILES string of the molecule is CC.CC(C)C[C@@H](Cc1nn[nH]n1)C(=O)O.Cc1ccc(-c2ccc(N)nc2)nc1. The van der Waals surface area contributed by atoms with Crippen molar-refractivity contribution in [3.63, 3.8) is 0 Å². The number of aromatic nitrogens is 6. The summed E-state index contributed by atoms with van der Waals surface area (Å²) in [7, 11) is 0. The van der Waals surface area contributed by atoms with Gasteiger partial charge in [-0.25, -0.2) is 4.98 Å². The lowest BCUT2D eigenvalue weighted by atomic mass is 9.94. The zero-order valence-corrected chi connectivity index (χ0v) is 18.2. The van der Waals surface area contributed by atoms with E-state index in [9.17, 15) is 4.79 Å². The standard InChI is InChI=1S/C11H11N3.C8H14N4O2.C2H6/c1-8-2-4-10(13-6-8)9-3-5-11(12)14-7-9;1-5(2)3-6(8(13)14)4-7-9-11-12-10-7;1-2/h2-7H,1H3,(H2,12,14);5-6H,3-4H2,1-2H3,(H,13,14)(H,9,10,11,12);1-2H3/t;6-;/m.0./s1. The highest BCUT2D eigenvalue weighted by molar-refractivity contribution is 5.70. The van der Waals surface area contributed by atoms with E-state index < -0.39 is 11.9 Å². The molecule has 0 bridgehead atoms. The van der Waals surface area contributed by atoms with Gasteiger partial charge in [0.1, 0.15) is 5.82 Å². The molecule has 0 fully saturated rings. The van der Waals surface area contributed by atoms with Crippen LogP contribution in [0.15, 0.2) is 36.7 Å². The molecule has 0 aliphatic rings. The van der Waals surface area contributed by atoms with Crippen LogP contribution in [0.1, 0.15) is 45.5 Å². The number of pyridine rings is 2. The maximum absolute atomic E-state index is 10.9. The van der Waals surface area contributed by atoms with Crippen LogP contribution < -0.4 is 5.73 Å². The maximum Gasteiger partial charge on any atom is 0.306 e. The van der Waals surface area contributed by atoms with Crippen LogP contribution in [0.25, 0.3) is 11.3 Å². The summed E-state index contributed by atoms with van der Waals surface area (Å²) < 4.78 is 0. The Balaban J connectivity index is 0.000000277. The monoisotopic (exact) mass is 413 g/mol. The molecule has 1 atom stereocenters. The number of aliphatic carboxylic acids is 1. The van der Waals surface area contributed by atoms with Gasteiger partial charge >= 0.3 is 5.97 Å². The molecule has 0 aromatic carbocycles. The van der Waals surface area contributed by atoms with Crippen molar-refractivity contribution in [2.75, 3.05) is 5.73 Å². The molecule has 0 saturated carbocycles. The van der Waals surface area contributed by atoms with E-state index in [0.717, 1.165) is 16.8 Å². The molecule has 0 amide bonds. The van der Waals surface area contributed by atoms with Crippen LogP contribution in [0.5, 0.6) is 0 Å². The van der Waals surface area contributed by atoms with Crippen LogP contribution in [0.4, 0.5) is 5.82 Å². The Kier molecular flexibility index (Phi) is 10.7. The number of carboxylic acids is 1. The molecule has 9 nitrogen and oxygen atoms in total. The quantitative estimate of drug-likeness (QED) is 0.556. The minimum absolute atomic E-state index is 0.337. The van der Waals surface area contributed by atoms with E-state index in [4.69, 9.17) is 10.8 Å². The third-order valence-corrected chi connectivity index (χ3v) is 3.92. The van der Waals surface area contributed by atoms with E-state index in [1.807, 2.05) is 59.0 Å². The first kappa shape index (κ1) is 24.7. The van der Waals surface area contributed by atoms with Gasteiger partial charge in [0.15, 0.2) is 5.82 Å². The van der Waals surface area contributed by atoms with Gasteiger partial charge < -0.3 is 10.8 Å². The van der Waals surface area contributed by atoms with E-state index in [1.54, 1.807) is 12.3 Å². The van der Waals surface area contributed by atoms with Crippen molar-refractivity contribution in [3.8, 4) is 11.3 Å². The number of hydrogen-bond acceptors (Lipinski definition) is 7. The summed E-state index contributed by atoms with van der Waals surface area (Å²) in [5, 5.41) is 22.1. The van der Waals surface area contributed by atoms with Gasteiger partial charge in [-0.15, -0.1) is 10.2 Å². The predicted molar refractivity (Wildman–Crippen MR) is 116 cm³/mol. The smallest absolute Gasteiger partial charge is 0.306 e. The van der Waals surface area contributed by atoms with Gasteiger partial charge in [-0.1, -0.05) is 39.0 Å². The highest BCUT2D eigenvalue weighted by atomic mass is 16.4. The van der Waals surface area contributed by atoms with Gasteiger partial charge in [-0.2, -0.15) is 5.21 Å². The first-order valence-corrected chi connectivity index (χ1v) is 9.94. The lowest BCUT2D eigenvalue weighted by Gasteiger charge is -2.11.